The van der Waals surface area contributed by atoms with Gasteiger partial charge in [0.05, 0.1) is 4.92 Å². The number of nitro groups is 1. The number of carbonyl (C=O) groups is 1. The lowest BCUT2D eigenvalue weighted by Gasteiger charge is -2.31. The van der Waals surface area contributed by atoms with Crippen LogP contribution in [0.5, 0.6) is 0 Å². The molecule has 0 unspecified atom stereocenters. The highest BCUT2D eigenvalue weighted by Crippen LogP contribution is 2.32. The van der Waals surface area contributed by atoms with Gasteiger partial charge < -0.3 is 10.2 Å². The number of nitrogens with zero attached hydrogens (tertiary/aromatic N) is 2. The summed E-state index contributed by atoms with van der Waals surface area (Å²) in [5.74, 6) is 0.991. The first-order valence-corrected chi connectivity index (χ1v) is 9.86. The molecule has 6 heteroatoms. The molecule has 1 aromatic rings. The molecule has 26 heavy (non-hydrogen) atoms. The Morgan fingerprint density at radius 1 is 1.19 bits per heavy atom. The number of benzene rings is 1. The van der Waals surface area contributed by atoms with Crippen molar-refractivity contribution in [2.75, 3.05) is 24.5 Å². The lowest BCUT2D eigenvalue weighted by atomic mass is 9.89. The molecule has 2 aliphatic rings. The minimum absolute atomic E-state index is 0.0323. The normalized spacial score (nSPS) is 19.3. The average molecular weight is 359 g/mol. The van der Waals surface area contributed by atoms with E-state index in [4.69, 9.17) is 0 Å². The highest BCUT2D eigenvalue weighted by molar-refractivity contribution is 5.95. The number of anilines is 1. The predicted octanol–water partition coefficient (Wildman–Crippen LogP) is 4.14. The first-order chi connectivity index (χ1) is 12.5. The van der Waals surface area contributed by atoms with Crippen molar-refractivity contribution in [2.45, 2.75) is 51.9 Å². The van der Waals surface area contributed by atoms with Crippen LogP contribution in [0.1, 0.15) is 62.2 Å². The van der Waals surface area contributed by atoms with Crippen molar-refractivity contribution in [1.82, 2.24) is 5.32 Å². The smallest absolute Gasteiger partial charge is 0.293 e. The molecule has 3 rings (SSSR count). The first-order valence-electron chi connectivity index (χ1n) is 9.86. The minimum atomic E-state index is -0.370. The second kappa shape index (κ2) is 8.52. The highest BCUT2D eigenvalue weighted by atomic mass is 16.6. The van der Waals surface area contributed by atoms with Crippen LogP contribution in [-0.2, 0) is 0 Å². The molecule has 0 bridgehead atoms. The largest absolute Gasteiger partial charge is 0.366 e. The Bertz CT molecular complexity index is 648. The van der Waals surface area contributed by atoms with Gasteiger partial charge in [-0.15, -0.1) is 0 Å². The van der Waals surface area contributed by atoms with Crippen LogP contribution >= 0.6 is 0 Å². The van der Waals surface area contributed by atoms with Crippen molar-refractivity contribution in [3.05, 3.63) is 33.9 Å². The summed E-state index contributed by atoms with van der Waals surface area (Å²) in [6, 6.07) is 4.89. The molecule has 1 N–H and O–H groups in total. The summed E-state index contributed by atoms with van der Waals surface area (Å²) in [7, 11) is 0. The number of nitrogens with one attached hydrogen (secondary N) is 1. The van der Waals surface area contributed by atoms with Gasteiger partial charge >= 0.3 is 0 Å². The molecule has 1 aliphatic carbocycles. The van der Waals surface area contributed by atoms with E-state index in [1.807, 2.05) is 0 Å². The molecule has 0 aromatic heterocycles. The average Bonchev–Trinajstić information content (AvgIpc) is 2.67. The molecule has 1 heterocycles. The molecule has 1 saturated heterocycles. The van der Waals surface area contributed by atoms with E-state index in [1.165, 1.54) is 25.3 Å². The number of hydrogen-bond acceptors (Lipinski definition) is 4. The summed E-state index contributed by atoms with van der Waals surface area (Å²) in [4.78, 5) is 25.7. The van der Waals surface area contributed by atoms with E-state index in [2.05, 4.69) is 17.1 Å². The standard InChI is InChI=1S/C20H29N3O3/c1-15-9-11-22(12-10-15)18-8-7-17(13-19(18)23(25)26)20(24)21-14-16-5-3-2-4-6-16/h7-8,13,15-16H,2-6,9-12,14H2,1H3,(H,21,24). The van der Waals surface area contributed by atoms with Crippen LogP contribution in [0.15, 0.2) is 18.2 Å². The van der Waals surface area contributed by atoms with Gasteiger partial charge in [0.15, 0.2) is 0 Å². The van der Waals surface area contributed by atoms with Crippen molar-refractivity contribution in [3.8, 4) is 0 Å². The van der Waals surface area contributed by atoms with Gasteiger partial charge in [0.1, 0.15) is 5.69 Å². The monoisotopic (exact) mass is 359 g/mol. The van der Waals surface area contributed by atoms with Crippen LogP contribution < -0.4 is 10.2 Å². The van der Waals surface area contributed by atoms with Gasteiger partial charge in [-0.25, -0.2) is 0 Å². The molecule has 142 valence electrons. The fourth-order valence-electron chi connectivity index (χ4n) is 4.06. The number of amides is 1. The van der Waals surface area contributed by atoms with Gasteiger partial charge in [0.25, 0.3) is 11.6 Å². The maximum Gasteiger partial charge on any atom is 0.293 e. The Kier molecular flexibility index (Phi) is 6.12. The lowest BCUT2D eigenvalue weighted by molar-refractivity contribution is -0.384. The highest BCUT2D eigenvalue weighted by Gasteiger charge is 2.25. The molecule has 6 nitrogen and oxygen atoms in total. The zero-order valence-corrected chi connectivity index (χ0v) is 15.6. The summed E-state index contributed by atoms with van der Waals surface area (Å²) >= 11 is 0. The Hall–Kier alpha value is -2.11. The van der Waals surface area contributed by atoms with Crippen LogP contribution in [0.3, 0.4) is 0 Å². The number of nitro benzene ring substituents is 1. The number of piperidine rings is 1. The molecule has 1 saturated carbocycles. The minimum Gasteiger partial charge on any atom is -0.366 e. The second-order valence-electron chi connectivity index (χ2n) is 7.84. The molecular weight excluding hydrogens is 330 g/mol. The third kappa shape index (κ3) is 4.54. The second-order valence-corrected chi connectivity index (χ2v) is 7.84. The van der Waals surface area contributed by atoms with Gasteiger partial charge in [-0.2, -0.15) is 0 Å². The van der Waals surface area contributed by atoms with Gasteiger partial charge in [0, 0.05) is 31.3 Å². The van der Waals surface area contributed by atoms with Crippen LogP contribution in [0.4, 0.5) is 11.4 Å². The van der Waals surface area contributed by atoms with Crippen molar-refractivity contribution >= 4 is 17.3 Å². The SMILES string of the molecule is CC1CCN(c2ccc(C(=O)NCC3CCCCC3)cc2[N+](=O)[O-])CC1. The summed E-state index contributed by atoms with van der Waals surface area (Å²) in [5, 5.41) is 14.5. The van der Waals surface area contributed by atoms with Gasteiger partial charge in [-0.1, -0.05) is 26.2 Å². The first kappa shape index (κ1) is 18.7. The van der Waals surface area contributed by atoms with Crippen LogP contribution in [0.2, 0.25) is 0 Å². The van der Waals surface area contributed by atoms with E-state index < -0.39 is 0 Å². The van der Waals surface area contributed by atoms with Crippen molar-refractivity contribution < 1.29 is 9.72 Å². The van der Waals surface area contributed by atoms with Gasteiger partial charge in [0.2, 0.25) is 0 Å². The summed E-state index contributed by atoms with van der Waals surface area (Å²) < 4.78 is 0. The molecule has 0 spiro atoms. The zero-order chi connectivity index (χ0) is 18.5. The quantitative estimate of drug-likeness (QED) is 0.633. The van der Waals surface area contributed by atoms with E-state index in [0.29, 0.717) is 29.6 Å². The van der Waals surface area contributed by atoms with Gasteiger partial charge in [-0.3, -0.25) is 14.9 Å². The third-order valence-corrected chi connectivity index (χ3v) is 5.83. The topological polar surface area (TPSA) is 75.5 Å². The van der Waals surface area contributed by atoms with Gasteiger partial charge in [-0.05, 0) is 49.7 Å². The summed E-state index contributed by atoms with van der Waals surface area (Å²) in [6.45, 7) is 4.54. The number of hydrogen-bond donors (Lipinski definition) is 1. The molecule has 0 atom stereocenters. The van der Waals surface area contributed by atoms with E-state index in [9.17, 15) is 14.9 Å². The predicted molar refractivity (Wildman–Crippen MR) is 103 cm³/mol. The van der Waals surface area contributed by atoms with E-state index in [0.717, 1.165) is 38.8 Å². The maximum atomic E-state index is 12.4. The van der Waals surface area contributed by atoms with Crippen molar-refractivity contribution in [2.24, 2.45) is 11.8 Å². The van der Waals surface area contributed by atoms with Crippen LogP contribution in [-0.4, -0.2) is 30.5 Å². The fourth-order valence-corrected chi connectivity index (χ4v) is 4.06. The van der Waals surface area contributed by atoms with E-state index in [-0.39, 0.29) is 16.5 Å². The fraction of sp³-hybridized carbons (Fsp3) is 0.650. The Morgan fingerprint density at radius 3 is 2.54 bits per heavy atom. The van der Waals surface area contributed by atoms with Crippen molar-refractivity contribution in [3.63, 3.8) is 0 Å². The Balaban J connectivity index is 1.69. The number of rotatable bonds is 5. The summed E-state index contributed by atoms with van der Waals surface area (Å²) in [6.07, 6.45) is 8.15. The molecular formula is C20H29N3O3. The maximum absolute atomic E-state index is 12.4. The Labute approximate surface area is 155 Å². The molecule has 2 fully saturated rings. The lowest BCUT2D eigenvalue weighted by Crippen LogP contribution is -2.33. The summed E-state index contributed by atoms with van der Waals surface area (Å²) in [5.41, 5.74) is 1.04. The van der Waals surface area contributed by atoms with Crippen LogP contribution in [0, 0.1) is 22.0 Å². The third-order valence-electron chi connectivity index (χ3n) is 5.83. The van der Waals surface area contributed by atoms with Crippen LogP contribution in [0.25, 0.3) is 0 Å². The molecule has 1 aliphatic heterocycles. The van der Waals surface area contributed by atoms with E-state index >= 15 is 0 Å². The molecule has 1 aromatic carbocycles. The van der Waals surface area contributed by atoms with Crippen molar-refractivity contribution in [1.29, 1.82) is 0 Å². The Morgan fingerprint density at radius 2 is 1.88 bits per heavy atom. The zero-order valence-electron chi connectivity index (χ0n) is 15.6. The molecule has 1 amide bonds. The number of carbonyl (C=O) groups excluding carboxylic acids is 1. The molecule has 0 radical (unpaired) electrons. The van der Waals surface area contributed by atoms with E-state index in [1.54, 1.807) is 12.1 Å².